The Balaban J connectivity index is 1.70. The zero-order valence-corrected chi connectivity index (χ0v) is 15.8. The highest BCUT2D eigenvalue weighted by atomic mass is 35.5. The summed E-state index contributed by atoms with van der Waals surface area (Å²) in [7, 11) is 1.74. The van der Waals surface area contributed by atoms with Gasteiger partial charge in [0.25, 0.3) is 0 Å². The molecule has 0 saturated heterocycles. The molecule has 0 fully saturated rings. The predicted molar refractivity (Wildman–Crippen MR) is 106 cm³/mol. The number of halogens is 2. The highest BCUT2D eigenvalue weighted by Crippen LogP contribution is 2.25. The molecule has 0 aliphatic heterocycles. The van der Waals surface area contributed by atoms with Crippen molar-refractivity contribution in [1.29, 1.82) is 5.26 Å². The van der Waals surface area contributed by atoms with Crippen LogP contribution in [0.1, 0.15) is 17.7 Å². The molecule has 4 N–H and O–H groups in total. The van der Waals surface area contributed by atoms with Crippen LogP contribution >= 0.6 is 11.6 Å². The first-order chi connectivity index (χ1) is 13.5. The molecule has 8 nitrogen and oxygen atoms in total. The van der Waals surface area contributed by atoms with Gasteiger partial charge in [-0.25, -0.2) is 19.0 Å². The van der Waals surface area contributed by atoms with E-state index < -0.39 is 0 Å². The Morgan fingerprint density at radius 3 is 2.71 bits per heavy atom. The first-order valence-electron chi connectivity index (χ1n) is 8.50. The molecule has 0 bridgehead atoms. The van der Waals surface area contributed by atoms with Crippen LogP contribution in [0.5, 0.6) is 0 Å². The SMILES string of the molecule is CNc1c(Cl)ncnc1NCCCc1nn(-c2ccc(F)cc2)c(N)c1C#N. The maximum Gasteiger partial charge on any atom is 0.157 e. The van der Waals surface area contributed by atoms with Crippen LogP contribution in [0.25, 0.3) is 5.69 Å². The summed E-state index contributed by atoms with van der Waals surface area (Å²) in [4.78, 5) is 8.08. The summed E-state index contributed by atoms with van der Waals surface area (Å²) in [6.45, 7) is 0.580. The van der Waals surface area contributed by atoms with Gasteiger partial charge in [0.15, 0.2) is 11.0 Å². The predicted octanol–water partition coefficient (Wildman–Crippen LogP) is 3.00. The van der Waals surface area contributed by atoms with E-state index in [1.165, 1.54) is 23.1 Å². The lowest BCUT2D eigenvalue weighted by Gasteiger charge is -2.10. The number of anilines is 3. The third kappa shape index (κ3) is 3.97. The minimum Gasteiger partial charge on any atom is -0.383 e. The smallest absolute Gasteiger partial charge is 0.157 e. The Morgan fingerprint density at radius 1 is 1.29 bits per heavy atom. The molecule has 2 heterocycles. The van der Waals surface area contributed by atoms with E-state index in [2.05, 4.69) is 31.8 Å². The summed E-state index contributed by atoms with van der Waals surface area (Å²) in [6, 6.07) is 7.85. The average Bonchev–Trinajstić information content (AvgIpc) is 3.01. The zero-order chi connectivity index (χ0) is 20.1. The lowest BCUT2D eigenvalue weighted by Crippen LogP contribution is -2.08. The summed E-state index contributed by atoms with van der Waals surface area (Å²) in [6.07, 6.45) is 2.59. The molecule has 3 aromatic rings. The Bertz CT molecular complexity index is 1010. The number of nitrogens with zero attached hydrogens (tertiary/aromatic N) is 5. The molecule has 0 spiro atoms. The normalized spacial score (nSPS) is 10.5. The number of hydrogen-bond donors (Lipinski definition) is 3. The number of nitrogen functional groups attached to an aromatic ring is 1. The monoisotopic (exact) mass is 400 g/mol. The molecule has 0 saturated carbocycles. The van der Waals surface area contributed by atoms with Gasteiger partial charge in [-0.3, -0.25) is 0 Å². The van der Waals surface area contributed by atoms with Gasteiger partial charge in [0.05, 0.1) is 11.4 Å². The number of nitriles is 1. The van der Waals surface area contributed by atoms with Gasteiger partial charge in [-0.05, 0) is 37.1 Å². The van der Waals surface area contributed by atoms with Crippen LogP contribution in [0.2, 0.25) is 5.15 Å². The van der Waals surface area contributed by atoms with Crippen molar-refractivity contribution in [2.45, 2.75) is 12.8 Å². The van der Waals surface area contributed by atoms with Gasteiger partial charge in [0.2, 0.25) is 0 Å². The molecule has 144 valence electrons. The third-order valence-corrected chi connectivity index (χ3v) is 4.40. The molecule has 1 aromatic carbocycles. The number of hydrogen-bond acceptors (Lipinski definition) is 7. The fraction of sp³-hybridized carbons (Fsp3) is 0.222. The molecule has 0 amide bonds. The standard InChI is InChI=1S/C18H18ClFN8/c1-23-15-16(19)25-10-26-18(15)24-8-2-3-14-13(9-21)17(22)28(27-14)12-6-4-11(20)5-7-12/h4-7,10,23H,2-3,8,22H2,1H3,(H,24,25,26). The molecule has 28 heavy (non-hydrogen) atoms. The highest BCUT2D eigenvalue weighted by Gasteiger charge is 2.16. The summed E-state index contributed by atoms with van der Waals surface area (Å²) >= 11 is 6.03. The van der Waals surface area contributed by atoms with E-state index in [0.717, 1.165) is 0 Å². The number of rotatable bonds is 7. The number of aromatic nitrogens is 4. The van der Waals surface area contributed by atoms with Crippen molar-refractivity contribution >= 4 is 28.9 Å². The number of aryl methyl sites for hydroxylation is 1. The molecule has 10 heteroatoms. The number of nitrogens with one attached hydrogen (secondary N) is 2. The van der Waals surface area contributed by atoms with E-state index in [-0.39, 0.29) is 11.6 Å². The van der Waals surface area contributed by atoms with Gasteiger partial charge in [0.1, 0.15) is 35.3 Å². The summed E-state index contributed by atoms with van der Waals surface area (Å²) in [5.74, 6) is 0.475. The van der Waals surface area contributed by atoms with E-state index in [1.807, 2.05) is 0 Å². The summed E-state index contributed by atoms with van der Waals surface area (Å²) in [5.41, 5.74) is 8.18. The Hall–Kier alpha value is -3.38. The van der Waals surface area contributed by atoms with Gasteiger partial charge < -0.3 is 16.4 Å². The molecule has 0 aliphatic carbocycles. The first kappa shape index (κ1) is 19.4. The van der Waals surface area contributed by atoms with E-state index in [0.29, 0.717) is 53.0 Å². The Kier molecular flexibility index (Phi) is 5.91. The van der Waals surface area contributed by atoms with Crippen LogP contribution in [0, 0.1) is 17.1 Å². The van der Waals surface area contributed by atoms with Crippen molar-refractivity contribution in [3.63, 3.8) is 0 Å². The minimum absolute atomic E-state index is 0.233. The van der Waals surface area contributed by atoms with E-state index >= 15 is 0 Å². The van der Waals surface area contributed by atoms with Crippen LogP contribution in [0.15, 0.2) is 30.6 Å². The van der Waals surface area contributed by atoms with Crippen LogP contribution in [-0.2, 0) is 6.42 Å². The van der Waals surface area contributed by atoms with Crippen LogP contribution in [-0.4, -0.2) is 33.3 Å². The van der Waals surface area contributed by atoms with Crippen LogP contribution in [0.3, 0.4) is 0 Å². The van der Waals surface area contributed by atoms with Crippen LogP contribution < -0.4 is 16.4 Å². The second-order valence-corrected chi connectivity index (χ2v) is 6.23. The molecule has 2 aromatic heterocycles. The van der Waals surface area contributed by atoms with Crippen molar-refractivity contribution in [3.05, 3.63) is 52.8 Å². The fourth-order valence-electron chi connectivity index (χ4n) is 2.74. The molecule has 0 aliphatic rings. The molecular formula is C18H18ClFN8. The van der Waals surface area contributed by atoms with E-state index in [4.69, 9.17) is 17.3 Å². The molecule has 3 rings (SSSR count). The van der Waals surface area contributed by atoms with Gasteiger partial charge >= 0.3 is 0 Å². The van der Waals surface area contributed by atoms with Crippen LogP contribution in [0.4, 0.5) is 21.7 Å². The Labute approximate surface area is 166 Å². The van der Waals surface area contributed by atoms with Gasteiger partial charge in [-0.2, -0.15) is 10.4 Å². The second kappa shape index (κ2) is 8.54. The van der Waals surface area contributed by atoms with Crippen molar-refractivity contribution in [3.8, 4) is 11.8 Å². The quantitative estimate of drug-likeness (QED) is 0.412. The largest absolute Gasteiger partial charge is 0.383 e. The molecule has 0 atom stereocenters. The van der Waals surface area contributed by atoms with Crippen molar-refractivity contribution in [2.24, 2.45) is 0 Å². The lowest BCUT2D eigenvalue weighted by molar-refractivity contribution is 0.627. The molecular weight excluding hydrogens is 383 g/mol. The highest BCUT2D eigenvalue weighted by molar-refractivity contribution is 6.32. The number of benzene rings is 1. The third-order valence-electron chi connectivity index (χ3n) is 4.11. The van der Waals surface area contributed by atoms with Gasteiger partial charge in [0, 0.05) is 13.6 Å². The van der Waals surface area contributed by atoms with Crippen molar-refractivity contribution in [1.82, 2.24) is 19.7 Å². The Morgan fingerprint density at radius 2 is 2.04 bits per heavy atom. The van der Waals surface area contributed by atoms with Crippen molar-refractivity contribution < 1.29 is 4.39 Å². The second-order valence-electron chi connectivity index (χ2n) is 5.88. The minimum atomic E-state index is -0.355. The maximum atomic E-state index is 13.1. The van der Waals surface area contributed by atoms with E-state index in [1.54, 1.807) is 19.2 Å². The first-order valence-corrected chi connectivity index (χ1v) is 8.88. The average molecular weight is 401 g/mol. The van der Waals surface area contributed by atoms with E-state index in [9.17, 15) is 9.65 Å². The summed E-state index contributed by atoms with van der Waals surface area (Å²) in [5, 5.41) is 20.3. The van der Waals surface area contributed by atoms with Gasteiger partial charge in [-0.15, -0.1) is 0 Å². The lowest BCUT2D eigenvalue weighted by atomic mass is 10.1. The summed E-state index contributed by atoms with van der Waals surface area (Å²) < 4.78 is 14.6. The zero-order valence-electron chi connectivity index (χ0n) is 15.1. The molecule has 0 unspecified atom stereocenters. The maximum absolute atomic E-state index is 13.1. The fourth-order valence-corrected chi connectivity index (χ4v) is 2.96. The van der Waals surface area contributed by atoms with Crippen molar-refractivity contribution in [2.75, 3.05) is 30.0 Å². The van der Waals surface area contributed by atoms with Gasteiger partial charge in [-0.1, -0.05) is 11.6 Å². The topological polar surface area (TPSA) is 117 Å². The molecule has 0 radical (unpaired) electrons. The number of nitrogens with two attached hydrogens (primary N) is 1.